The molecule has 0 saturated heterocycles. The molecule has 2 heterocycles. The fraction of sp³-hybridized carbons (Fsp3) is 0.474. The number of hydrogen-bond acceptors (Lipinski definition) is 4. The molecule has 1 aliphatic rings. The third-order valence-corrected chi connectivity index (χ3v) is 4.71. The fourth-order valence-corrected chi connectivity index (χ4v) is 3.29. The van der Waals surface area contributed by atoms with Crippen LogP contribution in [0, 0.1) is 0 Å². The Morgan fingerprint density at radius 1 is 1.15 bits per heavy atom. The highest BCUT2D eigenvalue weighted by molar-refractivity contribution is 5.90. The van der Waals surface area contributed by atoms with Gasteiger partial charge in [0.15, 0.2) is 5.82 Å². The molecule has 0 spiro atoms. The minimum Gasteiger partial charge on any atom is -0.349 e. The van der Waals surface area contributed by atoms with E-state index in [-0.39, 0.29) is 17.7 Å². The number of benzene rings is 1. The van der Waals surface area contributed by atoms with Crippen LogP contribution >= 0.6 is 0 Å². The summed E-state index contributed by atoms with van der Waals surface area (Å²) in [5, 5.41) is 11.0. The van der Waals surface area contributed by atoms with Crippen molar-refractivity contribution in [2.24, 2.45) is 0 Å². The zero-order valence-corrected chi connectivity index (χ0v) is 15.3. The first-order valence-corrected chi connectivity index (χ1v) is 9.19. The van der Waals surface area contributed by atoms with E-state index < -0.39 is 0 Å². The first-order chi connectivity index (χ1) is 12.7. The average Bonchev–Trinajstić information content (AvgIpc) is 3.10. The van der Waals surface area contributed by atoms with Gasteiger partial charge in [0, 0.05) is 19.6 Å². The number of amides is 2. The van der Waals surface area contributed by atoms with E-state index in [1.54, 1.807) is 0 Å². The molecule has 1 N–H and O–H groups in total. The van der Waals surface area contributed by atoms with Gasteiger partial charge >= 0.3 is 0 Å². The van der Waals surface area contributed by atoms with Crippen LogP contribution in [-0.4, -0.2) is 44.6 Å². The van der Waals surface area contributed by atoms with Crippen molar-refractivity contribution in [3.8, 4) is 0 Å². The van der Waals surface area contributed by atoms with Gasteiger partial charge in [-0.1, -0.05) is 44.2 Å². The van der Waals surface area contributed by atoms with Crippen LogP contribution in [0.25, 0.3) is 0 Å². The lowest BCUT2D eigenvalue weighted by molar-refractivity contribution is -0.134. The minimum absolute atomic E-state index is 0.102. The largest absolute Gasteiger partial charge is 0.349 e. The first kappa shape index (κ1) is 18.1. The summed E-state index contributed by atoms with van der Waals surface area (Å²) in [6.07, 6.45) is 1.61. The molecule has 1 aromatic heterocycles. The number of nitrogens with zero attached hydrogens (tertiary/aromatic N) is 4. The molecular formula is C19H25N5O2. The molecule has 1 aromatic carbocycles. The second kappa shape index (κ2) is 8.12. The standard InChI is InChI=1S/C19H25N5O2/c1-3-10-20-18(25)17-22-21-16-13-23(11-12-24(16)17)19(26)15(4-2)14-8-6-5-7-9-14/h5-9,15H,3-4,10-13H2,1-2H3,(H,20,25). The van der Waals surface area contributed by atoms with Crippen LogP contribution in [0.1, 0.15) is 54.6 Å². The predicted octanol–water partition coefficient (Wildman–Crippen LogP) is 1.95. The van der Waals surface area contributed by atoms with E-state index >= 15 is 0 Å². The molecule has 3 rings (SSSR count). The maximum absolute atomic E-state index is 13.0. The molecule has 138 valence electrons. The van der Waals surface area contributed by atoms with Gasteiger partial charge in [-0.15, -0.1) is 10.2 Å². The van der Waals surface area contributed by atoms with Crippen LogP contribution in [0.3, 0.4) is 0 Å². The number of aromatic nitrogens is 3. The van der Waals surface area contributed by atoms with E-state index in [0.29, 0.717) is 37.8 Å². The number of nitrogens with one attached hydrogen (secondary N) is 1. The Balaban J connectivity index is 1.73. The average molecular weight is 355 g/mol. The maximum atomic E-state index is 13.0. The molecule has 0 bridgehead atoms. The summed E-state index contributed by atoms with van der Waals surface area (Å²) in [7, 11) is 0. The summed E-state index contributed by atoms with van der Waals surface area (Å²) >= 11 is 0. The summed E-state index contributed by atoms with van der Waals surface area (Å²) in [4.78, 5) is 27.0. The molecule has 1 atom stereocenters. The van der Waals surface area contributed by atoms with Crippen LogP contribution < -0.4 is 5.32 Å². The van der Waals surface area contributed by atoms with Crippen LogP contribution in [0.4, 0.5) is 0 Å². The Morgan fingerprint density at radius 3 is 2.62 bits per heavy atom. The van der Waals surface area contributed by atoms with Crippen molar-refractivity contribution in [1.29, 1.82) is 0 Å². The lowest BCUT2D eigenvalue weighted by Gasteiger charge is -2.30. The third kappa shape index (κ3) is 3.61. The highest BCUT2D eigenvalue weighted by atomic mass is 16.2. The summed E-state index contributed by atoms with van der Waals surface area (Å²) in [5.74, 6) is 0.730. The van der Waals surface area contributed by atoms with Crippen molar-refractivity contribution in [3.05, 3.63) is 47.5 Å². The molecule has 0 radical (unpaired) electrons. The van der Waals surface area contributed by atoms with E-state index in [9.17, 15) is 9.59 Å². The number of hydrogen-bond donors (Lipinski definition) is 1. The number of rotatable bonds is 6. The quantitative estimate of drug-likeness (QED) is 0.859. The van der Waals surface area contributed by atoms with Gasteiger partial charge in [0.05, 0.1) is 12.5 Å². The zero-order valence-electron chi connectivity index (χ0n) is 15.3. The first-order valence-electron chi connectivity index (χ1n) is 9.19. The molecule has 26 heavy (non-hydrogen) atoms. The maximum Gasteiger partial charge on any atom is 0.289 e. The molecular weight excluding hydrogens is 330 g/mol. The second-order valence-corrected chi connectivity index (χ2v) is 6.48. The van der Waals surface area contributed by atoms with Gasteiger partial charge in [-0.3, -0.25) is 9.59 Å². The Bertz CT molecular complexity index is 771. The summed E-state index contributed by atoms with van der Waals surface area (Å²) in [6.45, 7) is 6.12. The zero-order chi connectivity index (χ0) is 18.5. The van der Waals surface area contributed by atoms with Crippen molar-refractivity contribution >= 4 is 11.8 Å². The lowest BCUT2D eigenvalue weighted by Crippen LogP contribution is -2.42. The Labute approximate surface area is 153 Å². The number of carbonyl (C=O) groups is 2. The second-order valence-electron chi connectivity index (χ2n) is 6.48. The van der Waals surface area contributed by atoms with E-state index in [1.807, 2.05) is 53.6 Å². The van der Waals surface area contributed by atoms with Gasteiger partial charge < -0.3 is 14.8 Å². The molecule has 7 heteroatoms. The molecule has 1 aliphatic heterocycles. The van der Waals surface area contributed by atoms with Gasteiger partial charge in [0.2, 0.25) is 11.7 Å². The Morgan fingerprint density at radius 2 is 1.92 bits per heavy atom. The molecule has 2 amide bonds. The lowest BCUT2D eigenvalue weighted by atomic mass is 9.95. The van der Waals surface area contributed by atoms with Crippen LogP contribution in [0.15, 0.2) is 30.3 Å². The smallest absolute Gasteiger partial charge is 0.289 e. The Kier molecular flexibility index (Phi) is 5.65. The molecule has 1 unspecified atom stereocenters. The summed E-state index contributed by atoms with van der Waals surface area (Å²) in [6, 6.07) is 9.86. The van der Waals surface area contributed by atoms with Gasteiger partial charge in [0.25, 0.3) is 5.91 Å². The molecule has 2 aromatic rings. The van der Waals surface area contributed by atoms with Gasteiger partial charge in [-0.2, -0.15) is 0 Å². The van der Waals surface area contributed by atoms with E-state index in [4.69, 9.17) is 0 Å². The highest BCUT2D eigenvalue weighted by Gasteiger charge is 2.30. The molecule has 0 fully saturated rings. The Hall–Kier alpha value is -2.70. The van der Waals surface area contributed by atoms with Crippen LogP contribution in [0.2, 0.25) is 0 Å². The monoisotopic (exact) mass is 355 g/mol. The van der Waals surface area contributed by atoms with Crippen molar-refractivity contribution in [2.75, 3.05) is 13.1 Å². The summed E-state index contributed by atoms with van der Waals surface area (Å²) in [5.41, 5.74) is 1.03. The third-order valence-electron chi connectivity index (χ3n) is 4.71. The van der Waals surface area contributed by atoms with Crippen LogP contribution in [-0.2, 0) is 17.9 Å². The predicted molar refractivity (Wildman–Crippen MR) is 97.5 cm³/mol. The van der Waals surface area contributed by atoms with E-state index in [1.165, 1.54) is 0 Å². The van der Waals surface area contributed by atoms with Crippen molar-refractivity contribution in [3.63, 3.8) is 0 Å². The molecule has 0 saturated carbocycles. The fourth-order valence-electron chi connectivity index (χ4n) is 3.29. The SMILES string of the molecule is CCCNC(=O)c1nnc2n1CCN(C(=O)C(CC)c1ccccc1)C2. The van der Waals surface area contributed by atoms with Crippen molar-refractivity contribution in [1.82, 2.24) is 25.0 Å². The number of carbonyl (C=O) groups excluding carboxylic acids is 2. The minimum atomic E-state index is -0.207. The molecule has 7 nitrogen and oxygen atoms in total. The van der Waals surface area contributed by atoms with Gasteiger partial charge in [0.1, 0.15) is 0 Å². The van der Waals surface area contributed by atoms with Crippen molar-refractivity contribution < 1.29 is 9.59 Å². The molecule has 0 aliphatic carbocycles. The van der Waals surface area contributed by atoms with Crippen molar-refractivity contribution in [2.45, 2.75) is 45.7 Å². The van der Waals surface area contributed by atoms with Crippen LogP contribution in [0.5, 0.6) is 0 Å². The van der Waals surface area contributed by atoms with Gasteiger partial charge in [-0.25, -0.2) is 0 Å². The summed E-state index contributed by atoms with van der Waals surface area (Å²) < 4.78 is 1.82. The van der Waals surface area contributed by atoms with Gasteiger partial charge in [-0.05, 0) is 18.4 Å². The topological polar surface area (TPSA) is 80.1 Å². The van der Waals surface area contributed by atoms with E-state index in [2.05, 4.69) is 15.5 Å². The highest BCUT2D eigenvalue weighted by Crippen LogP contribution is 2.24. The normalized spacial score (nSPS) is 14.6. The number of fused-ring (bicyclic) bond motifs is 1. The van der Waals surface area contributed by atoms with E-state index in [0.717, 1.165) is 18.4 Å².